The average Bonchev–Trinajstić information content (AvgIpc) is 3.02. The van der Waals surface area contributed by atoms with Crippen LogP contribution in [0.4, 0.5) is 13.2 Å². The predicted octanol–water partition coefficient (Wildman–Crippen LogP) is 0.559. The van der Waals surface area contributed by atoms with Crippen molar-refractivity contribution in [2.24, 2.45) is 0 Å². The molecule has 3 aromatic rings. The summed E-state index contributed by atoms with van der Waals surface area (Å²) in [6.45, 7) is 1.05. The Morgan fingerprint density at radius 3 is 2.41 bits per heavy atom. The van der Waals surface area contributed by atoms with Gasteiger partial charge in [0.15, 0.2) is 29.7 Å². The average molecular weight is 428 g/mol. The molecule has 0 amide bonds. The van der Waals surface area contributed by atoms with Gasteiger partial charge in [-0.05, 0) is 24.3 Å². The lowest BCUT2D eigenvalue weighted by Gasteiger charge is -2.31. The van der Waals surface area contributed by atoms with Gasteiger partial charge in [0.1, 0.15) is 4.90 Å². The van der Waals surface area contributed by atoms with Crippen LogP contribution in [-0.2, 0) is 16.7 Å². The number of sulfonamides is 1. The highest BCUT2D eigenvalue weighted by Crippen LogP contribution is 2.23. The van der Waals surface area contributed by atoms with Crippen LogP contribution < -0.4 is 10.7 Å². The number of nitrogens with one attached hydrogen (secondary N) is 1. The van der Waals surface area contributed by atoms with Gasteiger partial charge >= 0.3 is 5.76 Å². The van der Waals surface area contributed by atoms with Crippen LogP contribution in [0.3, 0.4) is 0 Å². The molecule has 7 nitrogen and oxygen atoms in total. The molecule has 1 fully saturated rings. The molecule has 1 aliphatic heterocycles. The fourth-order valence-electron chi connectivity index (χ4n) is 3.43. The standard InChI is InChI=1S/C18H16F3N3O4S/c19-12-5-6-15(17(21)16(12)20)29(26,27)23-9-7-22(8-10-23)11-24-13-3-1-2-4-14(13)28-18(24)25/h1-6H,7-11H2/p+1. The van der Waals surface area contributed by atoms with Crippen molar-refractivity contribution in [1.29, 1.82) is 0 Å². The number of piperazine rings is 1. The van der Waals surface area contributed by atoms with E-state index in [9.17, 15) is 26.4 Å². The third-order valence-electron chi connectivity index (χ3n) is 5.00. The highest BCUT2D eigenvalue weighted by molar-refractivity contribution is 7.89. The van der Waals surface area contributed by atoms with Crippen molar-refractivity contribution in [2.75, 3.05) is 26.2 Å². The molecule has 154 valence electrons. The Bertz CT molecular complexity index is 1230. The quantitative estimate of drug-likeness (QED) is 0.617. The first kappa shape index (κ1) is 19.7. The summed E-state index contributed by atoms with van der Waals surface area (Å²) in [6.07, 6.45) is 0. The van der Waals surface area contributed by atoms with E-state index in [1.807, 2.05) is 0 Å². The number of halogens is 3. The van der Waals surface area contributed by atoms with Gasteiger partial charge in [-0.2, -0.15) is 4.31 Å². The van der Waals surface area contributed by atoms with Crippen LogP contribution in [0.5, 0.6) is 0 Å². The normalized spacial score (nSPS) is 16.5. The fraction of sp³-hybridized carbons (Fsp3) is 0.278. The van der Waals surface area contributed by atoms with Gasteiger partial charge in [0.25, 0.3) is 0 Å². The van der Waals surface area contributed by atoms with E-state index in [0.29, 0.717) is 30.3 Å². The summed E-state index contributed by atoms with van der Waals surface area (Å²) in [4.78, 5) is 12.1. The largest absolute Gasteiger partial charge is 0.424 e. The van der Waals surface area contributed by atoms with Gasteiger partial charge in [0, 0.05) is 0 Å². The van der Waals surface area contributed by atoms with Gasteiger partial charge in [-0.15, -0.1) is 0 Å². The minimum Gasteiger partial charge on any atom is -0.408 e. The molecule has 0 spiro atoms. The SMILES string of the molecule is O=c1oc2ccccc2n1C[NH+]1CCN(S(=O)(=O)c2ccc(F)c(F)c2F)CC1. The van der Waals surface area contributed by atoms with E-state index in [1.165, 1.54) is 4.57 Å². The van der Waals surface area contributed by atoms with Crippen LogP contribution in [0.15, 0.2) is 50.5 Å². The Morgan fingerprint density at radius 2 is 1.69 bits per heavy atom. The number of aromatic nitrogens is 1. The smallest absolute Gasteiger partial charge is 0.408 e. The van der Waals surface area contributed by atoms with Crippen LogP contribution in [0.2, 0.25) is 0 Å². The molecule has 0 unspecified atom stereocenters. The van der Waals surface area contributed by atoms with E-state index in [0.717, 1.165) is 15.3 Å². The van der Waals surface area contributed by atoms with Gasteiger partial charge < -0.3 is 9.32 Å². The Labute approximate surface area is 163 Å². The van der Waals surface area contributed by atoms with E-state index in [2.05, 4.69) is 0 Å². The first-order valence-electron chi connectivity index (χ1n) is 8.84. The van der Waals surface area contributed by atoms with Gasteiger partial charge in [-0.1, -0.05) is 12.1 Å². The fourth-order valence-corrected chi connectivity index (χ4v) is 4.93. The topological polar surface area (TPSA) is 77.0 Å². The van der Waals surface area contributed by atoms with Gasteiger partial charge in [0.2, 0.25) is 10.0 Å². The van der Waals surface area contributed by atoms with Crippen LogP contribution >= 0.6 is 0 Å². The molecule has 2 aromatic carbocycles. The first-order valence-corrected chi connectivity index (χ1v) is 10.3. The van der Waals surface area contributed by atoms with Crippen LogP contribution in [0.25, 0.3) is 11.1 Å². The first-order chi connectivity index (χ1) is 13.8. The molecule has 0 radical (unpaired) electrons. The lowest BCUT2D eigenvalue weighted by molar-refractivity contribution is -0.926. The Balaban J connectivity index is 1.50. The molecule has 1 aliphatic rings. The summed E-state index contributed by atoms with van der Waals surface area (Å²) in [5.74, 6) is -5.50. The number of hydrogen-bond donors (Lipinski definition) is 1. The number of oxazole rings is 1. The number of rotatable bonds is 4. The number of fused-ring (bicyclic) bond motifs is 1. The van der Waals surface area contributed by atoms with E-state index < -0.39 is 38.1 Å². The van der Waals surface area contributed by atoms with Crippen molar-refractivity contribution in [3.63, 3.8) is 0 Å². The van der Waals surface area contributed by atoms with Crippen LogP contribution in [-0.4, -0.2) is 43.5 Å². The molecular formula is C18H17F3N3O4S+. The molecule has 0 atom stereocenters. The van der Waals surface area contributed by atoms with Crippen molar-refractivity contribution in [3.05, 3.63) is 64.4 Å². The summed E-state index contributed by atoms with van der Waals surface area (Å²) < 4.78 is 73.5. The highest BCUT2D eigenvalue weighted by Gasteiger charge is 2.34. The van der Waals surface area contributed by atoms with E-state index in [1.54, 1.807) is 24.3 Å². The molecule has 4 rings (SSSR count). The highest BCUT2D eigenvalue weighted by atomic mass is 32.2. The monoisotopic (exact) mass is 428 g/mol. The summed E-state index contributed by atoms with van der Waals surface area (Å²) in [7, 11) is -4.31. The Morgan fingerprint density at radius 1 is 1.00 bits per heavy atom. The zero-order chi connectivity index (χ0) is 20.8. The second kappa shape index (κ2) is 7.32. The molecule has 1 saturated heterocycles. The van der Waals surface area contributed by atoms with Gasteiger partial charge in [-0.3, -0.25) is 0 Å². The minimum absolute atomic E-state index is 0.0423. The number of benzene rings is 2. The third-order valence-corrected chi connectivity index (χ3v) is 6.92. The maximum absolute atomic E-state index is 14.0. The maximum Gasteiger partial charge on any atom is 0.424 e. The van der Waals surface area contributed by atoms with Crippen molar-refractivity contribution in [3.8, 4) is 0 Å². The number of nitrogens with zero attached hydrogens (tertiary/aromatic N) is 2. The molecule has 1 N–H and O–H groups in total. The molecule has 1 aromatic heterocycles. The number of para-hydroxylation sites is 2. The van der Waals surface area contributed by atoms with E-state index >= 15 is 0 Å². The van der Waals surface area contributed by atoms with Gasteiger partial charge in [0.05, 0.1) is 31.7 Å². The maximum atomic E-state index is 14.0. The second-order valence-electron chi connectivity index (χ2n) is 6.75. The zero-order valence-corrected chi connectivity index (χ0v) is 15.9. The lowest BCUT2D eigenvalue weighted by atomic mass is 10.3. The number of quaternary nitrogens is 1. The number of hydrogen-bond acceptors (Lipinski definition) is 4. The lowest BCUT2D eigenvalue weighted by Crippen LogP contribution is -3.14. The third kappa shape index (κ3) is 3.45. The summed E-state index contributed by atoms with van der Waals surface area (Å²) in [5.41, 5.74) is 1.11. The molecule has 2 heterocycles. The zero-order valence-electron chi connectivity index (χ0n) is 15.1. The Kier molecular flexibility index (Phi) is 4.97. The molecule has 0 aliphatic carbocycles. The Hall–Kier alpha value is -2.63. The molecular weight excluding hydrogens is 411 g/mol. The molecule has 29 heavy (non-hydrogen) atoms. The van der Waals surface area contributed by atoms with Crippen LogP contribution in [0.1, 0.15) is 0 Å². The molecule has 11 heteroatoms. The van der Waals surface area contributed by atoms with Crippen molar-refractivity contribution >= 4 is 21.1 Å². The predicted molar refractivity (Wildman–Crippen MR) is 96.2 cm³/mol. The van der Waals surface area contributed by atoms with Crippen LogP contribution in [0, 0.1) is 17.5 Å². The minimum atomic E-state index is -4.31. The van der Waals surface area contributed by atoms with Crippen molar-refractivity contribution < 1.29 is 30.9 Å². The van der Waals surface area contributed by atoms with Gasteiger partial charge in [-0.25, -0.2) is 31.0 Å². The summed E-state index contributed by atoms with van der Waals surface area (Å²) in [5, 5.41) is 0. The van der Waals surface area contributed by atoms with E-state index in [-0.39, 0.29) is 19.8 Å². The van der Waals surface area contributed by atoms with Crippen molar-refractivity contribution in [2.45, 2.75) is 11.6 Å². The molecule has 0 bridgehead atoms. The van der Waals surface area contributed by atoms with E-state index in [4.69, 9.17) is 4.42 Å². The van der Waals surface area contributed by atoms with Crippen molar-refractivity contribution in [1.82, 2.24) is 8.87 Å². The summed E-state index contributed by atoms with van der Waals surface area (Å²) >= 11 is 0. The second-order valence-corrected chi connectivity index (χ2v) is 8.66. The summed E-state index contributed by atoms with van der Waals surface area (Å²) in [6, 6.07) is 8.28. The molecule has 0 saturated carbocycles.